The van der Waals surface area contributed by atoms with Gasteiger partial charge in [0.05, 0.1) is 0 Å². The van der Waals surface area contributed by atoms with Gasteiger partial charge in [-0.1, -0.05) is 54.9 Å². The van der Waals surface area contributed by atoms with Gasteiger partial charge >= 0.3 is 0 Å². The van der Waals surface area contributed by atoms with Crippen molar-refractivity contribution in [3.8, 4) is 0 Å². The van der Waals surface area contributed by atoms with Crippen LogP contribution < -0.4 is 10.2 Å². The van der Waals surface area contributed by atoms with Crippen LogP contribution in [0.25, 0.3) is 0 Å². The van der Waals surface area contributed by atoms with E-state index in [1.165, 1.54) is 16.8 Å². The van der Waals surface area contributed by atoms with Crippen molar-refractivity contribution in [1.82, 2.24) is 5.32 Å². The van der Waals surface area contributed by atoms with Crippen LogP contribution in [0.1, 0.15) is 18.1 Å². The lowest BCUT2D eigenvalue weighted by Crippen LogP contribution is -2.23. The fourth-order valence-electron chi connectivity index (χ4n) is 2.39. The number of halogens is 1. The van der Waals surface area contributed by atoms with Gasteiger partial charge in [-0.25, -0.2) is 0 Å². The Bertz CT molecular complexity index is 554. The summed E-state index contributed by atoms with van der Waals surface area (Å²) in [5, 5.41) is 4.20. The maximum atomic E-state index is 6.36. The van der Waals surface area contributed by atoms with E-state index in [-0.39, 0.29) is 0 Å². The third-order valence-corrected chi connectivity index (χ3v) is 3.99. The van der Waals surface area contributed by atoms with E-state index in [4.69, 9.17) is 11.6 Å². The molecule has 0 amide bonds. The van der Waals surface area contributed by atoms with Crippen LogP contribution in [-0.2, 0) is 13.0 Å². The third-order valence-electron chi connectivity index (χ3n) is 3.64. The van der Waals surface area contributed by atoms with E-state index in [1.54, 1.807) is 0 Å². The second kappa shape index (κ2) is 8.06. The smallest absolute Gasteiger partial charge is 0.0471 e. The number of nitrogens with one attached hydrogen (secondary N) is 1. The van der Waals surface area contributed by atoms with Gasteiger partial charge < -0.3 is 10.2 Å². The van der Waals surface area contributed by atoms with Crippen molar-refractivity contribution in [2.75, 3.05) is 25.0 Å². The van der Waals surface area contributed by atoms with Crippen molar-refractivity contribution in [2.45, 2.75) is 19.9 Å². The topological polar surface area (TPSA) is 15.3 Å². The van der Waals surface area contributed by atoms with E-state index in [1.807, 2.05) is 12.1 Å². The van der Waals surface area contributed by atoms with Crippen molar-refractivity contribution in [3.05, 3.63) is 64.7 Å². The molecule has 2 aromatic rings. The van der Waals surface area contributed by atoms with Crippen LogP contribution in [0.3, 0.4) is 0 Å². The normalized spacial score (nSPS) is 10.6. The predicted octanol–water partition coefficient (Wildman–Crippen LogP) is 4.13. The van der Waals surface area contributed by atoms with Crippen LogP contribution in [0.4, 0.5) is 5.69 Å². The van der Waals surface area contributed by atoms with Crippen LogP contribution in [0.2, 0.25) is 5.02 Å². The van der Waals surface area contributed by atoms with Gasteiger partial charge in [-0.05, 0) is 30.7 Å². The maximum Gasteiger partial charge on any atom is 0.0471 e. The Labute approximate surface area is 132 Å². The van der Waals surface area contributed by atoms with Gasteiger partial charge in [0, 0.05) is 36.4 Å². The molecule has 21 heavy (non-hydrogen) atoms. The van der Waals surface area contributed by atoms with E-state index >= 15 is 0 Å². The molecule has 3 heteroatoms. The zero-order valence-electron chi connectivity index (χ0n) is 12.8. The second-order valence-corrected chi connectivity index (χ2v) is 5.58. The first-order chi connectivity index (χ1) is 10.2. The highest BCUT2D eigenvalue weighted by atomic mass is 35.5. The van der Waals surface area contributed by atoms with Gasteiger partial charge in [-0.2, -0.15) is 0 Å². The standard InChI is InChI=1S/C18H23ClN2/c1-3-20-14-16-17(19)10-7-11-18(16)21(2)13-12-15-8-5-4-6-9-15/h4-11,20H,3,12-14H2,1-2H3. The summed E-state index contributed by atoms with van der Waals surface area (Å²) in [6.07, 6.45) is 1.03. The molecule has 2 rings (SSSR count). The van der Waals surface area contributed by atoms with Crippen LogP contribution in [-0.4, -0.2) is 20.1 Å². The highest BCUT2D eigenvalue weighted by molar-refractivity contribution is 6.31. The van der Waals surface area contributed by atoms with Gasteiger partial charge in [-0.3, -0.25) is 0 Å². The molecular weight excluding hydrogens is 280 g/mol. The molecule has 0 aromatic heterocycles. The first kappa shape index (κ1) is 15.9. The number of likely N-dealkylation sites (N-methyl/N-ethyl adjacent to an activating group) is 1. The number of nitrogens with zero attached hydrogens (tertiary/aromatic N) is 1. The van der Waals surface area contributed by atoms with E-state index in [0.29, 0.717) is 0 Å². The summed E-state index contributed by atoms with van der Waals surface area (Å²) in [6.45, 7) is 4.83. The monoisotopic (exact) mass is 302 g/mol. The molecule has 0 spiro atoms. The Morgan fingerprint density at radius 2 is 1.81 bits per heavy atom. The van der Waals surface area contributed by atoms with Crippen molar-refractivity contribution in [1.29, 1.82) is 0 Å². The lowest BCUT2D eigenvalue weighted by Gasteiger charge is -2.23. The summed E-state index contributed by atoms with van der Waals surface area (Å²) < 4.78 is 0. The summed E-state index contributed by atoms with van der Waals surface area (Å²) in [7, 11) is 2.13. The number of benzene rings is 2. The Balaban J connectivity index is 2.07. The van der Waals surface area contributed by atoms with Gasteiger partial charge in [0.1, 0.15) is 0 Å². The fraction of sp³-hybridized carbons (Fsp3) is 0.333. The summed E-state index contributed by atoms with van der Waals surface area (Å²) in [5.41, 5.74) is 3.75. The SMILES string of the molecule is CCNCc1c(Cl)cccc1N(C)CCc1ccccc1. The largest absolute Gasteiger partial charge is 0.374 e. The minimum atomic E-state index is 0.807. The van der Waals surface area contributed by atoms with Crippen LogP contribution in [0, 0.1) is 0 Å². The molecule has 0 fully saturated rings. The highest BCUT2D eigenvalue weighted by Gasteiger charge is 2.10. The number of anilines is 1. The molecule has 1 N–H and O–H groups in total. The van der Waals surface area contributed by atoms with E-state index in [9.17, 15) is 0 Å². The lowest BCUT2D eigenvalue weighted by atomic mass is 10.1. The average Bonchev–Trinajstić information content (AvgIpc) is 2.52. The summed E-state index contributed by atoms with van der Waals surface area (Å²) >= 11 is 6.36. The van der Waals surface area contributed by atoms with Gasteiger partial charge in [0.25, 0.3) is 0 Å². The first-order valence-electron chi connectivity index (χ1n) is 7.45. The molecule has 0 aliphatic carbocycles. The summed E-state index contributed by atoms with van der Waals surface area (Å²) in [5.74, 6) is 0. The first-order valence-corrected chi connectivity index (χ1v) is 7.83. The van der Waals surface area contributed by atoms with Crippen LogP contribution in [0.15, 0.2) is 48.5 Å². The molecule has 0 bridgehead atoms. The van der Waals surface area contributed by atoms with Crippen LogP contribution >= 0.6 is 11.6 Å². The molecular formula is C18H23ClN2. The van der Waals surface area contributed by atoms with E-state index in [2.05, 4.69) is 60.6 Å². The molecule has 0 aliphatic rings. The fourth-order valence-corrected chi connectivity index (χ4v) is 2.63. The predicted molar refractivity (Wildman–Crippen MR) is 92.2 cm³/mol. The molecule has 0 saturated carbocycles. The van der Waals surface area contributed by atoms with Crippen molar-refractivity contribution < 1.29 is 0 Å². The molecule has 0 saturated heterocycles. The summed E-state index contributed by atoms with van der Waals surface area (Å²) in [4.78, 5) is 2.28. The number of rotatable bonds is 7. The van der Waals surface area contributed by atoms with Crippen molar-refractivity contribution in [3.63, 3.8) is 0 Å². The molecule has 0 aliphatic heterocycles. The maximum absolute atomic E-state index is 6.36. The zero-order valence-corrected chi connectivity index (χ0v) is 13.5. The third kappa shape index (κ3) is 4.48. The van der Waals surface area contributed by atoms with Gasteiger partial charge in [0.15, 0.2) is 0 Å². The number of hydrogen-bond acceptors (Lipinski definition) is 2. The zero-order chi connectivity index (χ0) is 15.1. The van der Waals surface area contributed by atoms with E-state index < -0.39 is 0 Å². The highest BCUT2D eigenvalue weighted by Crippen LogP contribution is 2.27. The Morgan fingerprint density at radius 1 is 1.05 bits per heavy atom. The van der Waals surface area contributed by atoms with E-state index in [0.717, 1.165) is 31.1 Å². The van der Waals surface area contributed by atoms with Gasteiger partial charge in [-0.15, -0.1) is 0 Å². The lowest BCUT2D eigenvalue weighted by molar-refractivity contribution is 0.723. The Morgan fingerprint density at radius 3 is 2.52 bits per heavy atom. The molecule has 0 atom stereocenters. The quantitative estimate of drug-likeness (QED) is 0.827. The summed E-state index contributed by atoms with van der Waals surface area (Å²) in [6, 6.07) is 16.7. The molecule has 0 heterocycles. The molecule has 2 aromatic carbocycles. The minimum absolute atomic E-state index is 0.807. The Kier molecular flexibility index (Phi) is 6.09. The molecule has 0 unspecified atom stereocenters. The van der Waals surface area contributed by atoms with Crippen molar-refractivity contribution in [2.24, 2.45) is 0 Å². The molecule has 0 radical (unpaired) electrons. The minimum Gasteiger partial charge on any atom is -0.374 e. The molecule has 2 nitrogen and oxygen atoms in total. The van der Waals surface area contributed by atoms with Gasteiger partial charge in [0.2, 0.25) is 0 Å². The second-order valence-electron chi connectivity index (χ2n) is 5.17. The van der Waals surface area contributed by atoms with Crippen molar-refractivity contribution >= 4 is 17.3 Å². The molecule has 112 valence electrons. The average molecular weight is 303 g/mol. The number of hydrogen-bond donors (Lipinski definition) is 1. The van der Waals surface area contributed by atoms with Crippen LogP contribution in [0.5, 0.6) is 0 Å². The Hall–Kier alpha value is -1.51.